The summed E-state index contributed by atoms with van der Waals surface area (Å²) < 4.78 is 5.36. The van der Waals surface area contributed by atoms with Gasteiger partial charge in [0.05, 0.1) is 0 Å². The summed E-state index contributed by atoms with van der Waals surface area (Å²) in [7, 11) is 4.14. The van der Waals surface area contributed by atoms with E-state index in [0.29, 0.717) is 30.0 Å². The Morgan fingerprint density at radius 1 is 1.21 bits per heavy atom. The van der Waals surface area contributed by atoms with E-state index in [-0.39, 0.29) is 18.2 Å². The third-order valence-electron chi connectivity index (χ3n) is 5.13. The molecule has 3 atom stereocenters. The molecule has 0 unspecified atom stereocenters. The molecule has 1 aromatic rings. The normalized spacial score (nSPS) is 14.5. The Labute approximate surface area is 176 Å². The molecule has 0 aliphatic heterocycles. The van der Waals surface area contributed by atoms with Crippen molar-refractivity contribution in [3.8, 4) is 5.75 Å². The van der Waals surface area contributed by atoms with Crippen molar-refractivity contribution in [3.05, 3.63) is 29.8 Å². The van der Waals surface area contributed by atoms with Crippen LogP contribution >= 0.6 is 0 Å². The fraction of sp³-hybridized carbons (Fsp3) is 0.652. The monoisotopic (exact) mass is 405 g/mol. The number of imide groups is 1. The molecule has 0 saturated carbocycles. The van der Waals surface area contributed by atoms with Gasteiger partial charge in [0, 0.05) is 13.0 Å². The van der Waals surface area contributed by atoms with Crippen molar-refractivity contribution in [1.29, 1.82) is 0 Å². The van der Waals surface area contributed by atoms with Crippen LogP contribution in [0.5, 0.6) is 5.75 Å². The van der Waals surface area contributed by atoms with Crippen LogP contribution in [-0.2, 0) is 4.79 Å². The second kappa shape index (κ2) is 12.6. The summed E-state index contributed by atoms with van der Waals surface area (Å²) in [5.74, 6) is 1.44. The van der Waals surface area contributed by atoms with Gasteiger partial charge in [-0.1, -0.05) is 39.8 Å². The third kappa shape index (κ3) is 9.41. The molecule has 1 rings (SSSR count). The molecule has 164 valence electrons. The van der Waals surface area contributed by atoms with Gasteiger partial charge in [0.15, 0.2) is 0 Å². The van der Waals surface area contributed by atoms with E-state index in [1.54, 1.807) is 6.07 Å². The number of nitrogens with zero attached hydrogens (tertiary/aromatic N) is 1. The summed E-state index contributed by atoms with van der Waals surface area (Å²) in [5, 5.41) is 2.32. The molecule has 0 aromatic heterocycles. The maximum atomic E-state index is 12.2. The molecular weight excluding hydrogens is 366 g/mol. The highest BCUT2D eigenvalue weighted by molar-refractivity contribution is 5.92. The number of carbonyl (C=O) groups excluding carboxylic acids is 2. The van der Waals surface area contributed by atoms with Crippen molar-refractivity contribution in [3.63, 3.8) is 0 Å². The molecule has 0 aliphatic rings. The first-order valence-electron chi connectivity index (χ1n) is 10.6. The number of carbonyl (C=O) groups is 2. The smallest absolute Gasteiger partial charge is 0.410 e. The van der Waals surface area contributed by atoms with Gasteiger partial charge in [-0.3, -0.25) is 10.1 Å². The van der Waals surface area contributed by atoms with Crippen molar-refractivity contribution in [2.45, 2.75) is 52.9 Å². The summed E-state index contributed by atoms with van der Waals surface area (Å²) in [4.78, 5) is 26.5. The van der Waals surface area contributed by atoms with Crippen molar-refractivity contribution < 1.29 is 14.3 Å². The molecule has 0 saturated heterocycles. The Morgan fingerprint density at radius 3 is 2.45 bits per heavy atom. The number of benzene rings is 1. The van der Waals surface area contributed by atoms with Crippen molar-refractivity contribution >= 4 is 12.0 Å². The first kappa shape index (κ1) is 25.1. The van der Waals surface area contributed by atoms with E-state index < -0.39 is 6.09 Å². The number of rotatable bonds is 11. The topological polar surface area (TPSA) is 84.7 Å². The van der Waals surface area contributed by atoms with Gasteiger partial charge in [0.2, 0.25) is 5.91 Å². The number of hydrogen-bond acceptors (Lipinski definition) is 5. The lowest BCUT2D eigenvalue weighted by molar-refractivity contribution is -0.121. The molecule has 0 heterocycles. The Balaban J connectivity index is 2.70. The fourth-order valence-corrected chi connectivity index (χ4v) is 3.97. The van der Waals surface area contributed by atoms with Crippen LogP contribution in [0.25, 0.3) is 0 Å². The molecule has 29 heavy (non-hydrogen) atoms. The molecule has 0 radical (unpaired) electrons. The maximum Gasteiger partial charge on any atom is 0.419 e. The maximum absolute atomic E-state index is 12.2. The fourth-order valence-electron chi connectivity index (χ4n) is 3.97. The Kier molecular flexibility index (Phi) is 10.9. The van der Waals surface area contributed by atoms with Gasteiger partial charge in [0.1, 0.15) is 5.75 Å². The highest BCUT2D eigenvalue weighted by Gasteiger charge is 2.20. The Bertz CT molecular complexity index is 646. The number of ether oxygens (including phenoxy) is 1. The molecule has 6 heteroatoms. The highest BCUT2D eigenvalue weighted by Crippen LogP contribution is 2.30. The van der Waals surface area contributed by atoms with Crippen LogP contribution in [0.4, 0.5) is 4.79 Å². The van der Waals surface area contributed by atoms with Crippen LogP contribution in [0.1, 0.15) is 58.4 Å². The molecule has 0 fully saturated rings. The van der Waals surface area contributed by atoms with Crippen LogP contribution in [-0.4, -0.2) is 44.1 Å². The average molecular weight is 406 g/mol. The first-order valence-corrected chi connectivity index (χ1v) is 10.6. The van der Waals surface area contributed by atoms with Gasteiger partial charge < -0.3 is 15.4 Å². The molecule has 2 amide bonds. The minimum Gasteiger partial charge on any atom is -0.410 e. The molecular formula is C23H39N3O3. The zero-order valence-corrected chi connectivity index (χ0v) is 18.9. The molecule has 3 N–H and O–H groups in total. The van der Waals surface area contributed by atoms with Gasteiger partial charge in [-0.05, 0) is 74.8 Å². The van der Waals surface area contributed by atoms with Crippen LogP contribution < -0.4 is 15.8 Å². The lowest BCUT2D eigenvalue weighted by Crippen LogP contribution is -2.35. The van der Waals surface area contributed by atoms with Gasteiger partial charge in [-0.2, -0.15) is 0 Å². The zero-order valence-electron chi connectivity index (χ0n) is 18.9. The predicted octanol–water partition coefficient (Wildman–Crippen LogP) is 4.00. The van der Waals surface area contributed by atoms with E-state index in [1.165, 1.54) is 0 Å². The molecule has 0 aliphatic carbocycles. The minimum absolute atomic E-state index is 0.0645. The lowest BCUT2D eigenvalue weighted by Gasteiger charge is -2.26. The molecule has 0 spiro atoms. The van der Waals surface area contributed by atoms with Crippen molar-refractivity contribution in [1.82, 2.24) is 10.2 Å². The van der Waals surface area contributed by atoms with Gasteiger partial charge >= 0.3 is 6.09 Å². The first-order chi connectivity index (χ1) is 13.7. The summed E-state index contributed by atoms with van der Waals surface area (Å²) >= 11 is 0. The second-order valence-electron chi connectivity index (χ2n) is 8.70. The van der Waals surface area contributed by atoms with E-state index >= 15 is 0 Å². The summed E-state index contributed by atoms with van der Waals surface area (Å²) in [6.07, 6.45) is 1.33. The standard InChI is InChI=1S/C23H39N3O3/c1-7-21(17(4)15-26(5)6)19-9-8-10-20(13-19)29-23(28)25-22(27)12-18(14-24)11-16(2)3/h8-10,13,16-18,21H,7,11-12,14-15,24H2,1-6H3,(H,25,27,28)/t17-,18-,21+/m0/s1. The zero-order chi connectivity index (χ0) is 22.0. The van der Waals surface area contributed by atoms with Gasteiger partial charge in [-0.25, -0.2) is 4.79 Å². The number of nitrogens with one attached hydrogen (secondary N) is 1. The summed E-state index contributed by atoms with van der Waals surface area (Å²) in [5.41, 5.74) is 6.87. The number of nitrogens with two attached hydrogens (primary N) is 1. The van der Waals surface area contributed by atoms with Crippen molar-refractivity contribution in [2.24, 2.45) is 23.5 Å². The van der Waals surface area contributed by atoms with Gasteiger partial charge in [-0.15, -0.1) is 0 Å². The lowest BCUT2D eigenvalue weighted by atomic mass is 9.85. The van der Waals surface area contributed by atoms with E-state index in [4.69, 9.17) is 10.5 Å². The van der Waals surface area contributed by atoms with E-state index in [2.05, 4.69) is 58.1 Å². The largest absolute Gasteiger partial charge is 0.419 e. The summed E-state index contributed by atoms with van der Waals surface area (Å²) in [6.45, 7) is 9.98. The second-order valence-corrected chi connectivity index (χ2v) is 8.70. The average Bonchev–Trinajstić information content (AvgIpc) is 2.60. The predicted molar refractivity (Wildman–Crippen MR) is 118 cm³/mol. The SMILES string of the molecule is CC[C@@H](c1cccc(OC(=O)NC(=O)C[C@@H](CN)CC(C)C)c1)[C@@H](C)CN(C)C. The molecule has 1 aromatic carbocycles. The van der Waals surface area contributed by atoms with Crippen LogP contribution in [0.3, 0.4) is 0 Å². The highest BCUT2D eigenvalue weighted by atomic mass is 16.6. The van der Waals surface area contributed by atoms with E-state index in [9.17, 15) is 9.59 Å². The quantitative estimate of drug-likeness (QED) is 0.581. The molecule has 6 nitrogen and oxygen atoms in total. The molecule has 0 bridgehead atoms. The van der Waals surface area contributed by atoms with E-state index in [1.807, 2.05) is 12.1 Å². The number of amides is 2. The third-order valence-corrected chi connectivity index (χ3v) is 5.13. The minimum atomic E-state index is -0.748. The Morgan fingerprint density at radius 2 is 1.90 bits per heavy atom. The Hall–Kier alpha value is -1.92. The van der Waals surface area contributed by atoms with Gasteiger partial charge in [0.25, 0.3) is 0 Å². The van der Waals surface area contributed by atoms with Crippen LogP contribution in [0.15, 0.2) is 24.3 Å². The van der Waals surface area contributed by atoms with Crippen LogP contribution in [0, 0.1) is 17.8 Å². The van der Waals surface area contributed by atoms with Crippen molar-refractivity contribution in [2.75, 3.05) is 27.2 Å². The summed E-state index contributed by atoms with van der Waals surface area (Å²) in [6, 6.07) is 7.58. The van der Waals surface area contributed by atoms with Crippen LogP contribution in [0.2, 0.25) is 0 Å². The number of hydrogen-bond donors (Lipinski definition) is 2. The van der Waals surface area contributed by atoms with E-state index in [0.717, 1.165) is 24.9 Å².